The molecule has 0 spiro atoms. The molecule has 34 heavy (non-hydrogen) atoms. The summed E-state index contributed by atoms with van der Waals surface area (Å²) in [5.74, 6) is -0.839. The molecule has 10 heteroatoms. The van der Waals surface area contributed by atoms with E-state index in [2.05, 4.69) is 17.7 Å². The van der Waals surface area contributed by atoms with Crippen LogP contribution in [0.2, 0.25) is 0 Å². The molecule has 2 N–H and O–H groups in total. The second-order valence-corrected chi connectivity index (χ2v) is 8.77. The summed E-state index contributed by atoms with van der Waals surface area (Å²) >= 11 is 0. The summed E-state index contributed by atoms with van der Waals surface area (Å²) in [6, 6.07) is 12.2. The highest BCUT2D eigenvalue weighted by Crippen LogP contribution is 2.33. The van der Waals surface area contributed by atoms with Crippen molar-refractivity contribution in [2.75, 3.05) is 18.0 Å². The normalized spacial score (nSPS) is 20.9. The molecule has 178 valence electrons. The number of amides is 4. The van der Waals surface area contributed by atoms with Gasteiger partial charge in [0.25, 0.3) is 17.5 Å². The molecule has 0 aliphatic carbocycles. The lowest BCUT2D eigenvalue weighted by Gasteiger charge is -2.31. The van der Waals surface area contributed by atoms with E-state index in [-0.39, 0.29) is 17.7 Å². The zero-order valence-electron chi connectivity index (χ0n) is 19.1. The van der Waals surface area contributed by atoms with Crippen LogP contribution in [0.4, 0.5) is 16.2 Å². The molecule has 4 rings (SSSR count). The molecule has 1 atom stereocenters. The van der Waals surface area contributed by atoms with Gasteiger partial charge in [0.05, 0.1) is 4.92 Å². The number of nitro benzene ring substituents is 1. The molecule has 0 bridgehead atoms. The maximum absolute atomic E-state index is 13.2. The maximum Gasteiger partial charge on any atom is 0.344 e. The third-order valence-electron chi connectivity index (χ3n) is 6.66. The van der Waals surface area contributed by atoms with Crippen LogP contribution in [0.3, 0.4) is 0 Å². The Morgan fingerprint density at radius 1 is 1.18 bits per heavy atom. The number of imide groups is 1. The number of benzene rings is 2. The van der Waals surface area contributed by atoms with Crippen molar-refractivity contribution < 1.29 is 19.3 Å². The SMILES string of the molecule is CC[C@@]1(c2ccccc2)NC(=O)N(NC(=O)c2ccc(N3CCC(C)CC3)c([N+](=O)[O-])c2)C1=O. The van der Waals surface area contributed by atoms with Gasteiger partial charge in [0.2, 0.25) is 0 Å². The zero-order valence-corrected chi connectivity index (χ0v) is 19.1. The minimum absolute atomic E-state index is 0.0184. The first kappa shape index (κ1) is 23.2. The molecular weight excluding hydrogens is 438 g/mol. The number of rotatable bonds is 6. The third kappa shape index (κ3) is 4.07. The molecule has 2 aliphatic rings. The van der Waals surface area contributed by atoms with E-state index < -0.39 is 28.3 Å². The zero-order chi connectivity index (χ0) is 24.5. The van der Waals surface area contributed by atoms with Crippen LogP contribution in [0.1, 0.15) is 49.0 Å². The van der Waals surface area contributed by atoms with Gasteiger partial charge in [-0.1, -0.05) is 44.2 Å². The molecule has 0 radical (unpaired) electrons. The first-order valence-corrected chi connectivity index (χ1v) is 11.3. The highest BCUT2D eigenvalue weighted by molar-refractivity contribution is 6.09. The lowest BCUT2D eigenvalue weighted by atomic mass is 9.87. The molecular formula is C24H27N5O5. The van der Waals surface area contributed by atoms with Gasteiger partial charge in [-0.15, -0.1) is 0 Å². The molecule has 2 aliphatic heterocycles. The van der Waals surface area contributed by atoms with Crippen LogP contribution >= 0.6 is 0 Å². The number of carbonyl (C=O) groups is 3. The highest BCUT2D eigenvalue weighted by atomic mass is 16.6. The van der Waals surface area contributed by atoms with Crippen molar-refractivity contribution in [2.24, 2.45) is 5.92 Å². The number of nitro groups is 1. The van der Waals surface area contributed by atoms with E-state index in [1.165, 1.54) is 12.1 Å². The number of nitrogens with zero attached hydrogens (tertiary/aromatic N) is 3. The molecule has 2 heterocycles. The van der Waals surface area contributed by atoms with E-state index in [9.17, 15) is 24.5 Å². The van der Waals surface area contributed by atoms with E-state index >= 15 is 0 Å². The maximum atomic E-state index is 13.2. The predicted octanol–water partition coefficient (Wildman–Crippen LogP) is 3.33. The summed E-state index contributed by atoms with van der Waals surface area (Å²) < 4.78 is 0. The number of piperidine rings is 1. The Balaban J connectivity index is 1.57. The second kappa shape index (κ2) is 9.12. The lowest BCUT2D eigenvalue weighted by molar-refractivity contribution is -0.384. The molecule has 2 aromatic rings. The van der Waals surface area contributed by atoms with Gasteiger partial charge in [-0.2, -0.15) is 5.01 Å². The fourth-order valence-corrected chi connectivity index (χ4v) is 4.53. The fraction of sp³-hybridized carbons (Fsp3) is 0.375. The van der Waals surface area contributed by atoms with Crippen molar-refractivity contribution in [1.29, 1.82) is 0 Å². The molecule has 10 nitrogen and oxygen atoms in total. The molecule has 2 aromatic carbocycles. The molecule has 2 saturated heterocycles. The van der Waals surface area contributed by atoms with E-state index in [4.69, 9.17) is 0 Å². The van der Waals surface area contributed by atoms with Crippen molar-refractivity contribution in [3.63, 3.8) is 0 Å². The summed E-state index contributed by atoms with van der Waals surface area (Å²) in [5, 5.41) is 15.1. The Hall–Kier alpha value is -3.95. The summed E-state index contributed by atoms with van der Waals surface area (Å²) in [4.78, 5) is 51.9. The largest absolute Gasteiger partial charge is 0.366 e. The standard InChI is InChI=1S/C24H27N5O5/c1-3-24(18-7-5-4-6-8-18)22(31)28(23(32)25-24)26-21(30)17-9-10-19(20(15-17)29(33)34)27-13-11-16(2)12-14-27/h4-10,15-16H,3,11-14H2,1-2H3,(H,25,32)(H,26,30)/t24-/m0/s1. The van der Waals surface area contributed by atoms with Crippen molar-refractivity contribution in [3.05, 3.63) is 69.8 Å². The Morgan fingerprint density at radius 3 is 2.47 bits per heavy atom. The van der Waals surface area contributed by atoms with Crippen LogP contribution in [0.5, 0.6) is 0 Å². The van der Waals surface area contributed by atoms with E-state index in [0.717, 1.165) is 12.8 Å². The molecule has 0 unspecified atom stereocenters. The van der Waals surface area contributed by atoms with Gasteiger partial charge < -0.3 is 10.2 Å². The Bertz CT molecular complexity index is 1130. The first-order valence-electron chi connectivity index (χ1n) is 11.3. The third-order valence-corrected chi connectivity index (χ3v) is 6.66. The van der Waals surface area contributed by atoms with Gasteiger partial charge in [0.1, 0.15) is 11.2 Å². The lowest BCUT2D eigenvalue weighted by Crippen LogP contribution is -2.48. The number of hydrazine groups is 1. The fourth-order valence-electron chi connectivity index (χ4n) is 4.53. The topological polar surface area (TPSA) is 125 Å². The van der Waals surface area contributed by atoms with Crippen LogP contribution in [0.25, 0.3) is 0 Å². The van der Waals surface area contributed by atoms with Crippen LogP contribution in [0, 0.1) is 16.0 Å². The van der Waals surface area contributed by atoms with Gasteiger partial charge in [-0.3, -0.25) is 25.1 Å². The van der Waals surface area contributed by atoms with Crippen LogP contribution in [-0.2, 0) is 10.3 Å². The minimum Gasteiger partial charge on any atom is -0.366 e. The second-order valence-electron chi connectivity index (χ2n) is 8.77. The minimum atomic E-state index is -1.30. The monoisotopic (exact) mass is 465 g/mol. The Morgan fingerprint density at radius 2 is 1.85 bits per heavy atom. The number of hydrogen-bond donors (Lipinski definition) is 2. The quantitative estimate of drug-likeness (QED) is 0.383. The predicted molar refractivity (Wildman–Crippen MR) is 125 cm³/mol. The Labute approximate surface area is 197 Å². The van der Waals surface area contributed by atoms with Gasteiger partial charge in [-0.25, -0.2) is 4.79 Å². The van der Waals surface area contributed by atoms with Crippen molar-refractivity contribution >= 4 is 29.2 Å². The van der Waals surface area contributed by atoms with Gasteiger partial charge >= 0.3 is 6.03 Å². The van der Waals surface area contributed by atoms with Crippen molar-refractivity contribution in [1.82, 2.24) is 15.8 Å². The summed E-state index contributed by atoms with van der Waals surface area (Å²) in [6.45, 7) is 5.32. The average molecular weight is 466 g/mol. The van der Waals surface area contributed by atoms with E-state index in [0.29, 0.717) is 35.3 Å². The summed E-state index contributed by atoms with van der Waals surface area (Å²) in [6.07, 6.45) is 2.15. The van der Waals surface area contributed by atoms with Gasteiger partial charge in [0.15, 0.2) is 0 Å². The molecule has 4 amide bonds. The number of urea groups is 1. The number of carbonyl (C=O) groups excluding carboxylic acids is 3. The number of anilines is 1. The van der Waals surface area contributed by atoms with E-state index in [1.807, 2.05) is 4.90 Å². The molecule has 0 saturated carbocycles. The smallest absolute Gasteiger partial charge is 0.344 e. The van der Waals surface area contributed by atoms with Gasteiger partial charge in [-0.05, 0) is 42.9 Å². The summed E-state index contributed by atoms with van der Waals surface area (Å²) in [7, 11) is 0. The molecule has 2 fully saturated rings. The van der Waals surface area contributed by atoms with Gasteiger partial charge in [0, 0.05) is 24.7 Å². The number of nitrogens with one attached hydrogen (secondary N) is 2. The van der Waals surface area contributed by atoms with Crippen LogP contribution in [-0.4, -0.2) is 40.9 Å². The summed E-state index contributed by atoms with van der Waals surface area (Å²) in [5.41, 5.74) is 1.87. The Kier molecular flexibility index (Phi) is 6.23. The van der Waals surface area contributed by atoms with Crippen molar-refractivity contribution in [3.8, 4) is 0 Å². The number of hydrogen-bond acceptors (Lipinski definition) is 6. The first-order chi connectivity index (χ1) is 16.3. The van der Waals surface area contributed by atoms with Crippen LogP contribution < -0.4 is 15.6 Å². The van der Waals surface area contributed by atoms with E-state index in [1.54, 1.807) is 43.3 Å². The highest BCUT2D eigenvalue weighted by Gasteiger charge is 2.52. The average Bonchev–Trinajstić information content (AvgIpc) is 3.09. The molecule has 0 aromatic heterocycles. The van der Waals surface area contributed by atoms with Crippen molar-refractivity contribution in [2.45, 2.75) is 38.6 Å². The van der Waals surface area contributed by atoms with Crippen LogP contribution in [0.15, 0.2) is 48.5 Å².